The number of nitrogens with one attached hydrogen (secondary N) is 1. The summed E-state index contributed by atoms with van der Waals surface area (Å²) in [5, 5.41) is 7.15. The lowest BCUT2D eigenvalue weighted by molar-refractivity contribution is -0.142. The number of fused-ring (bicyclic) bond motifs is 2. The predicted octanol–water partition coefficient (Wildman–Crippen LogP) is 6.26. The van der Waals surface area contributed by atoms with Gasteiger partial charge in [-0.2, -0.15) is 18.3 Å². The van der Waals surface area contributed by atoms with Crippen LogP contribution < -0.4 is 11.1 Å². The van der Waals surface area contributed by atoms with Gasteiger partial charge in [0, 0.05) is 16.5 Å². The summed E-state index contributed by atoms with van der Waals surface area (Å²) >= 11 is 13.2. The lowest BCUT2D eigenvalue weighted by atomic mass is 9.88. The van der Waals surface area contributed by atoms with Gasteiger partial charge in [-0.05, 0) is 48.9 Å². The number of carbonyl (C=O) groups excluding carboxylic acids is 2. The van der Waals surface area contributed by atoms with E-state index in [2.05, 4.69) is 22.3 Å². The highest BCUT2D eigenvalue weighted by atomic mass is 35.5. The maximum Gasteiger partial charge on any atom is 0.433 e. The van der Waals surface area contributed by atoms with Gasteiger partial charge < -0.3 is 11.1 Å². The molecule has 2 amide bonds. The molecule has 0 saturated carbocycles. The van der Waals surface area contributed by atoms with Gasteiger partial charge in [-0.25, -0.2) is 9.50 Å². The van der Waals surface area contributed by atoms with E-state index in [1.165, 1.54) is 29.5 Å². The number of amides is 2. The van der Waals surface area contributed by atoms with Crippen LogP contribution in [-0.4, -0.2) is 26.4 Å². The first-order chi connectivity index (χ1) is 17.4. The number of nitrogens with two attached hydrogens (primary N) is 1. The fourth-order valence-electron chi connectivity index (χ4n) is 4.36. The minimum Gasteiger partial charge on any atom is -0.365 e. The van der Waals surface area contributed by atoms with E-state index < -0.39 is 23.7 Å². The average Bonchev–Trinajstić information content (AvgIpc) is 3.40. The maximum absolute atomic E-state index is 13.9. The summed E-state index contributed by atoms with van der Waals surface area (Å²) < 4.78 is 42.4. The van der Waals surface area contributed by atoms with Gasteiger partial charge in [0.1, 0.15) is 5.00 Å². The zero-order valence-corrected chi connectivity index (χ0v) is 21.4. The van der Waals surface area contributed by atoms with E-state index >= 15 is 0 Å². The summed E-state index contributed by atoms with van der Waals surface area (Å²) in [6.45, 7) is 2.10. The van der Waals surface area contributed by atoms with Crippen molar-refractivity contribution in [3.8, 4) is 11.3 Å². The Hall–Kier alpha value is -3.15. The van der Waals surface area contributed by atoms with Crippen LogP contribution in [0.2, 0.25) is 10.0 Å². The number of thiophene rings is 1. The number of benzene rings is 1. The molecule has 1 aromatic carbocycles. The molecule has 13 heteroatoms. The van der Waals surface area contributed by atoms with E-state index in [0.717, 1.165) is 35.4 Å². The van der Waals surface area contributed by atoms with E-state index in [-0.39, 0.29) is 37.6 Å². The summed E-state index contributed by atoms with van der Waals surface area (Å²) in [6.07, 6.45) is -2.50. The average molecular weight is 568 g/mol. The Balaban J connectivity index is 1.55. The third-order valence-corrected chi connectivity index (χ3v) is 8.06. The molecule has 1 aliphatic carbocycles. The summed E-state index contributed by atoms with van der Waals surface area (Å²) in [4.78, 5) is 30.5. The second-order valence-electron chi connectivity index (χ2n) is 8.83. The van der Waals surface area contributed by atoms with Gasteiger partial charge in [-0.1, -0.05) is 36.2 Å². The molecule has 0 radical (unpaired) electrons. The number of hydrogen-bond donors (Lipinski definition) is 2. The highest BCUT2D eigenvalue weighted by Crippen LogP contribution is 2.40. The Morgan fingerprint density at radius 3 is 2.62 bits per heavy atom. The van der Waals surface area contributed by atoms with Crippen LogP contribution in [0.3, 0.4) is 0 Å². The third kappa shape index (κ3) is 4.78. The van der Waals surface area contributed by atoms with Crippen molar-refractivity contribution in [2.24, 2.45) is 11.7 Å². The molecule has 0 aliphatic heterocycles. The lowest BCUT2D eigenvalue weighted by Crippen LogP contribution is -2.19. The zero-order chi connectivity index (χ0) is 26.6. The van der Waals surface area contributed by atoms with Gasteiger partial charge in [0.15, 0.2) is 17.0 Å². The number of aromatic nitrogens is 3. The van der Waals surface area contributed by atoms with E-state index in [0.29, 0.717) is 22.4 Å². The van der Waals surface area contributed by atoms with Crippen LogP contribution in [0.25, 0.3) is 16.9 Å². The minimum atomic E-state index is -4.80. The van der Waals surface area contributed by atoms with Crippen LogP contribution in [0.15, 0.2) is 30.3 Å². The quantitative estimate of drug-likeness (QED) is 0.304. The Morgan fingerprint density at radius 1 is 1.19 bits per heavy atom. The Morgan fingerprint density at radius 2 is 1.95 bits per heavy atom. The number of nitrogens with zero attached hydrogens (tertiary/aromatic N) is 3. The molecule has 1 unspecified atom stereocenters. The van der Waals surface area contributed by atoms with E-state index in [1.54, 1.807) is 0 Å². The van der Waals surface area contributed by atoms with Gasteiger partial charge in [0.2, 0.25) is 0 Å². The summed E-state index contributed by atoms with van der Waals surface area (Å²) in [5.41, 5.74) is 5.29. The van der Waals surface area contributed by atoms with Crippen molar-refractivity contribution in [3.63, 3.8) is 0 Å². The van der Waals surface area contributed by atoms with E-state index in [4.69, 9.17) is 28.9 Å². The standard InChI is InChI=1S/C24H18Cl2F3N5O2S/c1-10-2-4-12-17(6-10)37-23(20(12)21(30)35)32-22(36)16-9-19-31-15(11-3-5-13(25)14(26)7-11)8-18(24(27,28)29)34(19)33-16/h3,5,7-10H,2,4,6H2,1H3,(H2,30,35)(H,32,36). The number of primary amides is 1. The molecule has 3 N–H and O–H groups in total. The third-order valence-electron chi connectivity index (χ3n) is 6.15. The zero-order valence-electron chi connectivity index (χ0n) is 19.1. The van der Waals surface area contributed by atoms with Crippen LogP contribution in [0.1, 0.15) is 50.3 Å². The van der Waals surface area contributed by atoms with Gasteiger partial charge in [-0.15, -0.1) is 11.3 Å². The highest BCUT2D eigenvalue weighted by molar-refractivity contribution is 7.17. The minimum absolute atomic E-state index is 0.0266. The molecular formula is C24H18Cl2F3N5O2S. The van der Waals surface area contributed by atoms with Gasteiger partial charge in [-0.3, -0.25) is 9.59 Å². The van der Waals surface area contributed by atoms with Crippen LogP contribution in [0.4, 0.5) is 18.2 Å². The van der Waals surface area contributed by atoms with Crippen molar-refractivity contribution < 1.29 is 22.8 Å². The number of hydrogen-bond acceptors (Lipinski definition) is 5. The molecule has 192 valence electrons. The Kier molecular flexibility index (Phi) is 6.41. The van der Waals surface area contributed by atoms with Crippen LogP contribution in [-0.2, 0) is 19.0 Å². The van der Waals surface area contributed by atoms with Crippen molar-refractivity contribution in [2.45, 2.75) is 32.4 Å². The van der Waals surface area contributed by atoms with Gasteiger partial charge >= 0.3 is 6.18 Å². The first-order valence-corrected chi connectivity index (χ1v) is 12.7. The van der Waals surface area contributed by atoms with Crippen LogP contribution >= 0.6 is 34.5 Å². The molecular weight excluding hydrogens is 550 g/mol. The highest BCUT2D eigenvalue weighted by Gasteiger charge is 2.36. The van der Waals surface area contributed by atoms with Crippen molar-refractivity contribution in [2.75, 3.05) is 5.32 Å². The molecule has 1 aliphatic rings. The maximum atomic E-state index is 13.9. The van der Waals surface area contributed by atoms with Crippen molar-refractivity contribution in [1.82, 2.24) is 14.6 Å². The van der Waals surface area contributed by atoms with Crippen molar-refractivity contribution >= 4 is 57.0 Å². The normalized spacial score (nSPS) is 15.6. The molecule has 4 aromatic rings. The van der Waals surface area contributed by atoms with E-state index in [1.807, 2.05) is 0 Å². The lowest BCUT2D eigenvalue weighted by Gasteiger charge is -2.18. The number of rotatable bonds is 4. The fourth-order valence-corrected chi connectivity index (χ4v) is 6.07. The fraction of sp³-hybridized carbons (Fsp3) is 0.250. The van der Waals surface area contributed by atoms with Gasteiger partial charge in [0.25, 0.3) is 11.8 Å². The largest absolute Gasteiger partial charge is 0.433 e. The van der Waals surface area contributed by atoms with Crippen LogP contribution in [0.5, 0.6) is 0 Å². The molecule has 0 fully saturated rings. The van der Waals surface area contributed by atoms with E-state index in [9.17, 15) is 22.8 Å². The molecule has 1 atom stereocenters. The molecule has 0 bridgehead atoms. The van der Waals surface area contributed by atoms with Crippen LogP contribution in [0, 0.1) is 5.92 Å². The molecule has 5 rings (SSSR count). The molecule has 0 saturated heterocycles. The van der Waals surface area contributed by atoms with Crippen molar-refractivity contribution in [3.05, 3.63) is 67.8 Å². The molecule has 0 spiro atoms. The summed E-state index contributed by atoms with van der Waals surface area (Å²) in [5.74, 6) is -1.04. The number of alkyl halides is 3. The second-order valence-corrected chi connectivity index (χ2v) is 10.7. The number of anilines is 1. The Labute approximate surface area is 222 Å². The SMILES string of the molecule is CC1CCc2c(sc(NC(=O)c3cc4nc(-c5ccc(Cl)c(Cl)c5)cc(C(F)(F)F)n4n3)c2C(N)=O)C1. The van der Waals surface area contributed by atoms with Crippen molar-refractivity contribution in [1.29, 1.82) is 0 Å². The first-order valence-electron chi connectivity index (χ1n) is 11.1. The summed E-state index contributed by atoms with van der Waals surface area (Å²) in [7, 11) is 0. The molecule has 7 nitrogen and oxygen atoms in total. The molecule has 37 heavy (non-hydrogen) atoms. The molecule has 3 aromatic heterocycles. The number of halogens is 5. The first kappa shape index (κ1) is 25.5. The van der Waals surface area contributed by atoms with Gasteiger partial charge in [0.05, 0.1) is 21.3 Å². The molecule has 3 heterocycles. The monoisotopic (exact) mass is 567 g/mol. The number of carbonyl (C=O) groups is 2. The topological polar surface area (TPSA) is 102 Å². The second kappa shape index (κ2) is 9.30. The predicted molar refractivity (Wildman–Crippen MR) is 135 cm³/mol. The smallest absolute Gasteiger partial charge is 0.365 e. The Bertz CT molecular complexity index is 1580. The summed E-state index contributed by atoms with van der Waals surface area (Å²) in [6, 6.07) is 6.30.